The summed E-state index contributed by atoms with van der Waals surface area (Å²) in [6, 6.07) is 6.09. The zero-order valence-electron chi connectivity index (χ0n) is 10.9. The van der Waals surface area contributed by atoms with Crippen molar-refractivity contribution >= 4 is 21.8 Å². The summed E-state index contributed by atoms with van der Waals surface area (Å²) in [6.07, 6.45) is 2.22. The Hall–Kier alpha value is -0.870. The van der Waals surface area contributed by atoms with E-state index in [9.17, 15) is 4.79 Å². The first-order valence-corrected chi connectivity index (χ1v) is 7.13. The molecule has 4 heteroatoms. The summed E-state index contributed by atoms with van der Waals surface area (Å²) >= 11 is 3.48. The lowest BCUT2D eigenvalue weighted by molar-refractivity contribution is 0.0708. The van der Waals surface area contributed by atoms with Gasteiger partial charge < -0.3 is 10.2 Å². The van der Waals surface area contributed by atoms with Crippen LogP contribution in [0.1, 0.15) is 28.8 Å². The maximum absolute atomic E-state index is 12.4. The molecule has 1 aromatic carbocycles. The lowest BCUT2D eigenvalue weighted by atomic mass is 10.0. The fraction of sp³-hybridized carbons (Fsp3) is 0.500. The number of carbonyl (C=O) groups is 1. The maximum Gasteiger partial charge on any atom is 0.253 e. The van der Waals surface area contributed by atoms with Crippen LogP contribution in [0.4, 0.5) is 0 Å². The van der Waals surface area contributed by atoms with Gasteiger partial charge in [0.05, 0.1) is 0 Å². The van der Waals surface area contributed by atoms with Crippen LogP contribution in [0.25, 0.3) is 0 Å². The fourth-order valence-electron chi connectivity index (χ4n) is 2.26. The van der Waals surface area contributed by atoms with Crippen molar-refractivity contribution in [1.82, 2.24) is 10.2 Å². The van der Waals surface area contributed by atoms with Gasteiger partial charge in [-0.3, -0.25) is 4.79 Å². The van der Waals surface area contributed by atoms with Crippen LogP contribution in [0.2, 0.25) is 0 Å². The van der Waals surface area contributed by atoms with Crippen LogP contribution in [0.5, 0.6) is 0 Å². The molecule has 1 aliphatic rings. The molecule has 1 unspecified atom stereocenters. The minimum absolute atomic E-state index is 0.101. The van der Waals surface area contributed by atoms with Gasteiger partial charge in [0.2, 0.25) is 0 Å². The van der Waals surface area contributed by atoms with E-state index >= 15 is 0 Å². The Morgan fingerprint density at radius 2 is 2.28 bits per heavy atom. The van der Waals surface area contributed by atoms with Crippen LogP contribution in [0.3, 0.4) is 0 Å². The fourth-order valence-corrected chi connectivity index (χ4v) is 2.64. The average molecular weight is 311 g/mol. The standard InChI is InChI=1S/C14H19BrN2O/c1-10-5-6-11(8-13(10)15)14(18)17(2)12-4-3-7-16-9-12/h5-6,8,12,16H,3-4,7,9H2,1-2H3. The largest absolute Gasteiger partial charge is 0.337 e. The van der Waals surface area contributed by atoms with Crippen molar-refractivity contribution < 1.29 is 4.79 Å². The monoisotopic (exact) mass is 310 g/mol. The predicted octanol–water partition coefficient (Wildman–Crippen LogP) is 2.58. The highest BCUT2D eigenvalue weighted by atomic mass is 79.9. The van der Waals surface area contributed by atoms with Gasteiger partial charge in [-0.25, -0.2) is 0 Å². The Morgan fingerprint density at radius 1 is 1.50 bits per heavy atom. The van der Waals surface area contributed by atoms with Crippen LogP contribution in [-0.4, -0.2) is 37.0 Å². The number of hydrogen-bond donors (Lipinski definition) is 1. The minimum atomic E-state index is 0.101. The van der Waals surface area contributed by atoms with Gasteiger partial charge in [0, 0.05) is 29.7 Å². The first-order chi connectivity index (χ1) is 8.59. The Labute approximate surface area is 117 Å². The molecule has 3 nitrogen and oxygen atoms in total. The number of benzene rings is 1. The summed E-state index contributed by atoms with van der Waals surface area (Å²) in [5.74, 6) is 0.101. The third-order valence-electron chi connectivity index (χ3n) is 3.56. The molecule has 1 saturated heterocycles. The summed E-state index contributed by atoms with van der Waals surface area (Å²) < 4.78 is 0.989. The summed E-state index contributed by atoms with van der Waals surface area (Å²) in [6.45, 7) is 3.98. The quantitative estimate of drug-likeness (QED) is 0.910. The van der Waals surface area contributed by atoms with E-state index in [-0.39, 0.29) is 5.91 Å². The van der Waals surface area contributed by atoms with Crippen molar-refractivity contribution in [3.8, 4) is 0 Å². The number of likely N-dealkylation sites (N-methyl/N-ethyl adjacent to an activating group) is 1. The zero-order valence-corrected chi connectivity index (χ0v) is 12.5. The molecule has 0 aromatic heterocycles. The Kier molecular flexibility index (Phi) is 4.40. The molecule has 0 saturated carbocycles. The number of carbonyl (C=O) groups excluding carboxylic acids is 1. The normalized spacial score (nSPS) is 19.6. The second-order valence-electron chi connectivity index (χ2n) is 4.88. The zero-order chi connectivity index (χ0) is 13.1. The van der Waals surface area contributed by atoms with Crippen molar-refractivity contribution in [3.63, 3.8) is 0 Å². The number of halogens is 1. The molecule has 98 valence electrons. The molecule has 18 heavy (non-hydrogen) atoms. The highest BCUT2D eigenvalue weighted by Crippen LogP contribution is 2.19. The SMILES string of the molecule is Cc1ccc(C(=O)N(C)C2CCCNC2)cc1Br. The number of nitrogens with zero attached hydrogens (tertiary/aromatic N) is 1. The lowest BCUT2D eigenvalue weighted by Gasteiger charge is -2.31. The third-order valence-corrected chi connectivity index (χ3v) is 4.41. The lowest BCUT2D eigenvalue weighted by Crippen LogP contribution is -2.46. The molecule has 0 aliphatic carbocycles. The van der Waals surface area contributed by atoms with Crippen molar-refractivity contribution in [1.29, 1.82) is 0 Å². The van der Waals surface area contributed by atoms with E-state index in [0.717, 1.165) is 41.5 Å². The number of nitrogens with one attached hydrogen (secondary N) is 1. The Balaban J connectivity index is 2.11. The second-order valence-corrected chi connectivity index (χ2v) is 5.73. The molecule has 1 amide bonds. The molecule has 1 atom stereocenters. The highest BCUT2D eigenvalue weighted by Gasteiger charge is 2.22. The number of amides is 1. The number of aryl methyl sites for hydroxylation is 1. The van der Waals surface area contributed by atoms with Gasteiger partial charge in [-0.1, -0.05) is 22.0 Å². The van der Waals surface area contributed by atoms with Crippen LogP contribution in [-0.2, 0) is 0 Å². The molecule has 0 spiro atoms. The molecule has 2 rings (SSSR count). The number of rotatable bonds is 2. The summed E-state index contributed by atoms with van der Waals surface area (Å²) in [4.78, 5) is 14.2. The van der Waals surface area contributed by atoms with Crippen LogP contribution < -0.4 is 5.32 Å². The summed E-state index contributed by atoms with van der Waals surface area (Å²) in [7, 11) is 1.90. The Bertz CT molecular complexity index is 441. The number of piperidine rings is 1. The number of hydrogen-bond acceptors (Lipinski definition) is 2. The smallest absolute Gasteiger partial charge is 0.253 e. The molecule has 1 N–H and O–H groups in total. The van der Waals surface area contributed by atoms with Crippen molar-refractivity contribution in [3.05, 3.63) is 33.8 Å². The van der Waals surface area contributed by atoms with Gasteiger partial charge in [-0.15, -0.1) is 0 Å². The van der Waals surface area contributed by atoms with Crippen LogP contribution in [0, 0.1) is 6.92 Å². The van der Waals surface area contributed by atoms with Crippen LogP contribution >= 0.6 is 15.9 Å². The van der Waals surface area contributed by atoms with Gasteiger partial charge in [-0.2, -0.15) is 0 Å². The van der Waals surface area contributed by atoms with E-state index < -0.39 is 0 Å². The first-order valence-electron chi connectivity index (χ1n) is 6.33. The van der Waals surface area contributed by atoms with E-state index in [1.54, 1.807) is 0 Å². The van der Waals surface area contributed by atoms with E-state index in [1.807, 2.05) is 37.1 Å². The molecular formula is C14H19BrN2O. The third kappa shape index (κ3) is 2.93. The van der Waals surface area contributed by atoms with Crippen molar-refractivity contribution in [2.45, 2.75) is 25.8 Å². The maximum atomic E-state index is 12.4. The van der Waals surface area contributed by atoms with E-state index in [0.29, 0.717) is 6.04 Å². The molecule has 1 fully saturated rings. The predicted molar refractivity (Wildman–Crippen MR) is 76.9 cm³/mol. The average Bonchev–Trinajstić information content (AvgIpc) is 2.41. The van der Waals surface area contributed by atoms with Crippen molar-refractivity contribution in [2.75, 3.05) is 20.1 Å². The summed E-state index contributed by atoms with van der Waals surface area (Å²) in [5, 5.41) is 3.34. The molecular weight excluding hydrogens is 292 g/mol. The van der Waals surface area contributed by atoms with Crippen LogP contribution in [0.15, 0.2) is 22.7 Å². The van der Waals surface area contributed by atoms with Gasteiger partial charge in [0.25, 0.3) is 5.91 Å². The molecule has 1 aromatic rings. The second kappa shape index (κ2) is 5.85. The Morgan fingerprint density at radius 3 is 2.89 bits per heavy atom. The van der Waals surface area contributed by atoms with Gasteiger partial charge in [0.15, 0.2) is 0 Å². The highest BCUT2D eigenvalue weighted by molar-refractivity contribution is 9.10. The van der Waals surface area contributed by atoms with Gasteiger partial charge in [-0.05, 0) is 44.0 Å². The molecule has 0 radical (unpaired) electrons. The summed E-state index contributed by atoms with van der Waals surface area (Å²) in [5.41, 5.74) is 1.90. The molecule has 0 bridgehead atoms. The molecule has 1 heterocycles. The van der Waals surface area contributed by atoms with E-state index in [4.69, 9.17) is 0 Å². The first kappa shape index (κ1) is 13.6. The minimum Gasteiger partial charge on any atom is -0.337 e. The molecule has 1 aliphatic heterocycles. The van der Waals surface area contributed by atoms with E-state index in [2.05, 4.69) is 21.2 Å². The van der Waals surface area contributed by atoms with E-state index in [1.165, 1.54) is 0 Å². The van der Waals surface area contributed by atoms with Crippen molar-refractivity contribution in [2.24, 2.45) is 0 Å². The van der Waals surface area contributed by atoms with Gasteiger partial charge >= 0.3 is 0 Å². The van der Waals surface area contributed by atoms with Gasteiger partial charge in [0.1, 0.15) is 0 Å². The topological polar surface area (TPSA) is 32.3 Å².